The number of benzene rings is 2. The predicted octanol–water partition coefficient (Wildman–Crippen LogP) is 3.10. The summed E-state index contributed by atoms with van der Waals surface area (Å²) < 4.78 is 6.03. The maximum atomic E-state index is 11.0. The Labute approximate surface area is 129 Å². The Bertz CT molecular complexity index is 578. The van der Waals surface area contributed by atoms with Crippen molar-refractivity contribution in [2.24, 2.45) is 0 Å². The van der Waals surface area contributed by atoms with Crippen LogP contribution in [0.1, 0.15) is 17.2 Å². The van der Waals surface area contributed by atoms with Crippen LogP contribution < -0.4 is 0 Å². The Morgan fingerprint density at radius 1 is 1.10 bits per heavy atom. The third-order valence-corrected chi connectivity index (χ3v) is 4.10. The van der Waals surface area contributed by atoms with Gasteiger partial charge in [-0.15, -0.1) is 11.6 Å². The van der Waals surface area contributed by atoms with Crippen molar-refractivity contribution in [3.63, 3.8) is 0 Å². The van der Waals surface area contributed by atoms with Gasteiger partial charge in [0.2, 0.25) is 5.79 Å². The molecule has 0 aromatic heterocycles. The Balaban J connectivity index is 1.92. The van der Waals surface area contributed by atoms with Gasteiger partial charge in [-0.25, -0.2) is 0 Å². The fourth-order valence-electron chi connectivity index (χ4n) is 2.70. The van der Waals surface area contributed by atoms with Crippen LogP contribution in [0.15, 0.2) is 60.7 Å². The molecule has 1 aliphatic heterocycles. The van der Waals surface area contributed by atoms with E-state index in [9.17, 15) is 5.11 Å². The van der Waals surface area contributed by atoms with Crippen molar-refractivity contribution in [2.45, 2.75) is 11.9 Å². The van der Waals surface area contributed by atoms with E-state index in [4.69, 9.17) is 16.3 Å². The fourth-order valence-corrected chi connectivity index (χ4v) is 2.88. The average Bonchev–Trinajstić information content (AvgIpc) is 2.56. The highest BCUT2D eigenvalue weighted by Crippen LogP contribution is 2.36. The summed E-state index contributed by atoms with van der Waals surface area (Å²) in [7, 11) is 0. The molecule has 3 rings (SSSR count). The molecular formula is C17H18ClNO2. The topological polar surface area (TPSA) is 32.7 Å². The molecule has 0 amide bonds. The number of alkyl halides is 1. The van der Waals surface area contributed by atoms with Crippen LogP contribution in [0.4, 0.5) is 0 Å². The number of ether oxygens (including phenoxy) is 1. The van der Waals surface area contributed by atoms with Crippen molar-refractivity contribution in [1.82, 2.24) is 4.90 Å². The second-order valence-electron chi connectivity index (χ2n) is 5.30. The molecule has 0 spiro atoms. The van der Waals surface area contributed by atoms with Crippen LogP contribution >= 0.6 is 11.6 Å². The maximum absolute atomic E-state index is 11.0. The smallest absolute Gasteiger partial charge is 0.206 e. The molecule has 1 aliphatic rings. The summed E-state index contributed by atoms with van der Waals surface area (Å²) in [4.78, 5) is 2.00. The highest BCUT2D eigenvalue weighted by molar-refractivity contribution is 6.17. The third kappa shape index (κ3) is 3.11. The van der Waals surface area contributed by atoms with Gasteiger partial charge in [-0.05, 0) is 5.56 Å². The Kier molecular flexibility index (Phi) is 4.27. The molecule has 0 radical (unpaired) electrons. The van der Waals surface area contributed by atoms with Gasteiger partial charge in [0.05, 0.1) is 18.7 Å². The van der Waals surface area contributed by atoms with Crippen molar-refractivity contribution in [1.29, 1.82) is 0 Å². The van der Waals surface area contributed by atoms with Crippen LogP contribution in [0.2, 0.25) is 0 Å². The number of nitrogens with zero attached hydrogens (tertiary/aromatic N) is 1. The molecule has 3 nitrogen and oxygen atoms in total. The lowest BCUT2D eigenvalue weighted by molar-refractivity contribution is -0.277. The molecule has 0 aliphatic carbocycles. The first-order valence-corrected chi connectivity index (χ1v) is 7.54. The van der Waals surface area contributed by atoms with Crippen molar-refractivity contribution < 1.29 is 9.84 Å². The van der Waals surface area contributed by atoms with E-state index in [1.54, 1.807) is 0 Å². The van der Waals surface area contributed by atoms with E-state index in [1.807, 2.05) is 65.6 Å². The predicted molar refractivity (Wildman–Crippen MR) is 82.9 cm³/mol. The van der Waals surface area contributed by atoms with Crippen LogP contribution in [0.5, 0.6) is 0 Å². The summed E-state index contributed by atoms with van der Waals surface area (Å²) in [6.45, 7) is 1.03. The van der Waals surface area contributed by atoms with Gasteiger partial charge in [-0.1, -0.05) is 60.7 Å². The zero-order valence-corrected chi connectivity index (χ0v) is 12.4. The number of halogens is 1. The van der Waals surface area contributed by atoms with Gasteiger partial charge in [0.25, 0.3) is 0 Å². The van der Waals surface area contributed by atoms with Crippen LogP contribution in [0.25, 0.3) is 0 Å². The van der Waals surface area contributed by atoms with Gasteiger partial charge in [0.1, 0.15) is 0 Å². The summed E-state index contributed by atoms with van der Waals surface area (Å²) >= 11 is 6.01. The molecule has 2 atom stereocenters. The highest BCUT2D eigenvalue weighted by atomic mass is 35.5. The molecule has 21 heavy (non-hydrogen) atoms. The molecule has 2 aromatic rings. The number of aliphatic hydroxyl groups is 1. The Hall–Kier alpha value is -1.39. The first kappa shape index (κ1) is 14.5. The highest BCUT2D eigenvalue weighted by Gasteiger charge is 2.40. The quantitative estimate of drug-likeness (QED) is 0.698. The molecule has 1 N–H and O–H groups in total. The van der Waals surface area contributed by atoms with E-state index in [0.29, 0.717) is 19.1 Å². The van der Waals surface area contributed by atoms with Crippen molar-refractivity contribution >= 4 is 11.6 Å². The minimum absolute atomic E-state index is 0.205. The van der Waals surface area contributed by atoms with Crippen molar-refractivity contribution in [3.05, 3.63) is 71.8 Å². The molecule has 2 aromatic carbocycles. The number of morpholine rings is 1. The van der Waals surface area contributed by atoms with E-state index in [1.165, 1.54) is 0 Å². The van der Waals surface area contributed by atoms with E-state index in [-0.39, 0.29) is 6.10 Å². The molecular weight excluding hydrogens is 286 g/mol. The van der Waals surface area contributed by atoms with Gasteiger partial charge < -0.3 is 9.84 Å². The molecule has 0 bridgehead atoms. The van der Waals surface area contributed by atoms with E-state index in [0.717, 1.165) is 11.1 Å². The first-order chi connectivity index (χ1) is 10.2. The molecule has 1 saturated heterocycles. The van der Waals surface area contributed by atoms with E-state index < -0.39 is 5.79 Å². The van der Waals surface area contributed by atoms with Crippen LogP contribution in [0.3, 0.4) is 0 Å². The summed E-state index contributed by atoms with van der Waals surface area (Å²) in [5, 5.41) is 11.0. The minimum atomic E-state index is -1.34. The molecule has 110 valence electrons. The SMILES string of the molecule is OC1(c2ccccc2)CN(CCl)CC(c2ccccc2)O1. The van der Waals surface area contributed by atoms with Crippen LogP contribution in [-0.2, 0) is 10.5 Å². The van der Waals surface area contributed by atoms with Gasteiger partial charge in [-0.3, -0.25) is 4.90 Å². The van der Waals surface area contributed by atoms with E-state index >= 15 is 0 Å². The number of rotatable bonds is 3. The summed E-state index contributed by atoms with van der Waals surface area (Å²) in [5.41, 5.74) is 1.79. The lowest BCUT2D eigenvalue weighted by Gasteiger charge is -2.43. The standard InChI is InChI=1S/C17H18ClNO2/c18-13-19-11-16(14-7-3-1-4-8-14)21-17(20,12-19)15-9-5-2-6-10-15/h1-10,16,20H,11-13H2. The van der Waals surface area contributed by atoms with Gasteiger partial charge in [0.15, 0.2) is 0 Å². The summed E-state index contributed by atoms with van der Waals surface area (Å²) in [6, 6.07) is 19.8. The Morgan fingerprint density at radius 2 is 1.71 bits per heavy atom. The summed E-state index contributed by atoms with van der Waals surface area (Å²) in [6.07, 6.45) is -0.205. The summed E-state index contributed by atoms with van der Waals surface area (Å²) in [5.74, 6) is -1.34. The number of hydrogen-bond donors (Lipinski definition) is 1. The second kappa shape index (κ2) is 6.16. The fraction of sp³-hybridized carbons (Fsp3) is 0.294. The third-order valence-electron chi connectivity index (χ3n) is 3.76. The molecule has 4 heteroatoms. The normalized spacial score (nSPS) is 26.7. The van der Waals surface area contributed by atoms with Gasteiger partial charge in [0, 0.05) is 12.1 Å². The zero-order chi connectivity index (χ0) is 14.7. The van der Waals surface area contributed by atoms with Gasteiger partial charge >= 0.3 is 0 Å². The lowest BCUT2D eigenvalue weighted by atomic mass is 10.0. The second-order valence-corrected chi connectivity index (χ2v) is 5.54. The monoisotopic (exact) mass is 303 g/mol. The minimum Gasteiger partial charge on any atom is -0.361 e. The van der Waals surface area contributed by atoms with Crippen LogP contribution in [0, 0.1) is 0 Å². The molecule has 1 heterocycles. The number of hydrogen-bond acceptors (Lipinski definition) is 3. The lowest BCUT2D eigenvalue weighted by Crippen LogP contribution is -2.50. The van der Waals surface area contributed by atoms with Crippen molar-refractivity contribution in [2.75, 3.05) is 19.1 Å². The van der Waals surface area contributed by atoms with Crippen molar-refractivity contribution in [3.8, 4) is 0 Å². The maximum Gasteiger partial charge on any atom is 0.206 e. The molecule has 1 fully saturated rings. The van der Waals surface area contributed by atoms with E-state index in [2.05, 4.69) is 0 Å². The first-order valence-electron chi connectivity index (χ1n) is 7.00. The van der Waals surface area contributed by atoms with Gasteiger partial charge in [-0.2, -0.15) is 0 Å². The van der Waals surface area contributed by atoms with Crippen LogP contribution in [-0.4, -0.2) is 29.1 Å². The largest absolute Gasteiger partial charge is 0.361 e. The molecule has 2 unspecified atom stereocenters. The Morgan fingerprint density at radius 3 is 2.33 bits per heavy atom. The number of β-amino-alcohol motifs (C(OH)–C–C–N with tert-alkyl or cyclic N) is 1. The molecule has 0 saturated carbocycles. The zero-order valence-electron chi connectivity index (χ0n) is 11.7. The average molecular weight is 304 g/mol.